The van der Waals surface area contributed by atoms with Gasteiger partial charge in [0.25, 0.3) is 0 Å². The van der Waals surface area contributed by atoms with E-state index in [9.17, 15) is 15.0 Å². The Bertz CT molecular complexity index is 913. The normalized spacial score (nSPS) is 30.3. The highest BCUT2D eigenvalue weighted by Gasteiger charge is 2.50. The lowest BCUT2D eigenvalue weighted by molar-refractivity contribution is -0.171. The van der Waals surface area contributed by atoms with Gasteiger partial charge in [-0.2, -0.15) is 0 Å². The van der Waals surface area contributed by atoms with Crippen LogP contribution in [0.5, 0.6) is 0 Å². The second-order valence-electron chi connectivity index (χ2n) is 7.43. The summed E-state index contributed by atoms with van der Waals surface area (Å²) in [4.78, 5) is 17.0. The number of carbonyl (C=O) groups is 1. The first-order chi connectivity index (χ1) is 14.1. The van der Waals surface area contributed by atoms with Gasteiger partial charge in [0.1, 0.15) is 23.7 Å². The number of hydrogen-bond donors (Lipinski definition) is 3. The zero-order valence-corrected chi connectivity index (χ0v) is 17.1. The van der Waals surface area contributed by atoms with E-state index in [1.54, 1.807) is 0 Å². The number of fused-ring (bicyclic) bond motifs is 2. The minimum absolute atomic E-state index is 0.170. The Morgan fingerprint density at radius 2 is 1.97 bits per heavy atom. The number of ketones is 1. The van der Waals surface area contributed by atoms with Crippen LogP contribution < -0.4 is 5.32 Å². The molecule has 2 aromatic carbocycles. The molecular weight excluding hydrogens is 388 g/mol. The number of rotatable bonds is 6. The zero-order chi connectivity index (χ0) is 20.4. The number of nitrogens with zero attached hydrogens (tertiary/aromatic N) is 1. The number of carbonyl (C=O) groups excluding carboxylic acids is 1. The van der Waals surface area contributed by atoms with Gasteiger partial charge in [0.05, 0.1) is 6.04 Å². The number of ether oxygens (including phenoxy) is 1. The molecule has 154 valence electrons. The fraction of sp³-hybridized carbons (Fsp3) is 0.455. The molecule has 29 heavy (non-hydrogen) atoms. The number of aryl methyl sites for hydroxylation is 1. The van der Waals surface area contributed by atoms with Gasteiger partial charge in [-0.3, -0.25) is 9.79 Å². The minimum atomic E-state index is -1.24. The maximum Gasteiger partial charge on any atom is 0.164 e. The van der Waals surface area contributed by atoms with Crippen molar-refractivity contribution in [1.29, 1.82) is 0 Å². The minimum Gasteiger partial charge on any atom is -0.388 e. The van der Waals surface area contributed by atoms with Gasteiger partial charge in [0.15, 0.2) is 11.0 Å². The number of aliphatic hydroxyl groups is 2. The van der Waals surface area contributed by atoms with Crippen molar-refractivity contribution in [2.75, 3.05) is 6.54 Å². The summed E-state index contributed by atoms with van der Waals surface area (Å²) in [6, 6.07) is 13.9. The molecule has 0 amide bonds. The van der Waals surface area contributed by atoms with Crippen LogP contribution in [0, 0.1) is 0 Å². The number of aliphatic imine (C=N–C) groups is 1. The Morgan fingerprint density at radius 1 is 1.17 bits per heavy atom. The summed E-state index contributed by atoms with van der Waals surface area (Å²) >= 11 is 1.36. The van der Waals surface area contributed by atoms with E-state index in [-0.39, 0.29) is 5.78 Å². The molecule has 2 fully saturated rings. The molecule has 0 aromatic heterocycles. The highest BCUT2D eigenvalue weighted by atomic mass is 32.2. The Hall–Kier alpha value is -1.93. The number of benzene rings is 2. The summed E-state index contributed by atoms with van der Waals surface area (Å²) in [5, 5.41) is 27.1. The summed E-state index contributed by atoms with van der Waals surface area (Å²) in [7, 11) is 0. The Labute approximate surface area is 174 Å². The molecule has 2 heterocycles. The molecule has 0 unspecified atom stereocenters. The van der Waals surface area contributed by atoms with Gasteiger partial charge in [-0.15, -0.1) is 0 Å². The Kier molecular flexibility index (Phi) is 6.20. The van der Waals surface area contributed by atoms with E-state index in [1.807, 2.05) is 25.1 Å². The molecule has 2 aliphatic heterocycles. The van der Waals surface area contributed by atoms with Gasteiger partial charge in [0, 0.05) is 13.0 Å². The fourth-order valence-corrected chi connectivity index (χ4v) is 5.18. The maximum absolute atomic E-state index is 12.7. The summed E-state index contributed by atoms with van der Waals surface area (Å²) in [6.07, 6.45) is -1.59. The third-order valence-corrected chi connectivity index (χ3v) is 6.60. The quantitative estimate of drug-likeness (QED) is 0.672. The zero-order valence-electron chi connectivity index (χ0n) is 16.3. The molecule has 3 N–H and O–H groups in total. The van der Waals surface area contributed by atoms with Crippen LogP contribution in [0.3, 0.4) is 0 Å². The predicted molar refractivity (Wildman–Crippen MR) is 115 cm³/mol. The molecule has 0 bridgehead atoms. The summed E-state index contributed by atoms with van der Waals surface area (Å²) in [5.41, 5.74) is 0.780. The van der Waals surface area contributed by atoms with Crippen LogP contribution in [0.15, 0.2) is 47.5 Å². The van der Waals surface area contributed by atoms with Crippen molar-refractivity contribution in [3.05, 3.63) is 48.0 Å². The van der Waals surface area contributed by atoms with Crippen LogP contribution >= 0.6 is 11.8 Å². The highest BCUT2D eigenvalue weighted by Crippen LogP contribution is 2.34. The summed E-state index contributed by atoms with van der Waals surface area (Å²) < 4.78 is 5.86. The van der Waals surface area contributed by atoms with Gasteiger partial charge >= 0.3 is 0 Å². The average Bonchev–Trinajstić information content (AvgIpc) is 3.14. The van der Waals surface area contributed by atoms with Crippen molar-refractivity contribution < 1.29 is 19.7 Å². The Morgan fingerprint density at radius 3 is 2.79 bits per heavy atom. The molecule has 0 spiro atoms. The summed E-state index contributed by atoms with van der Waals surface area (Å²) in [6.45, 7) is 2.54. The van der Waals surface area contributed by atoms with Gasteiger partial charge in [-0.25, -0.2) is 0 Å². The number of hydrogen-bond acceptors (Lipinski definition) is 6. The molecule has 4 rings (SSSR count). The molecule has 5 atom stereocenters. The van der Waals surface area contributed by atoms with Crippen molar-refractivity contribution in [2.24, 2.45) is 4.99 Å². The van der Waals surface area contributed by atoms with E-state index in [0.717, 1.165) is 6.42 Å². The first-order valence-corrected chi connectivity index (χ1v) is 10.9. The molecule has 0 saturated carbocycles. The smallest absolute Gasteiger partial charge is 0.164 e. The van der Waals surface area contributed by atoms with Crippen molar-refractivity contribution in [3.63, 3.8) is 0 Å². The first-order valence-electron chi connectivity index (χ1n) is 10.1. The largest absolute Gasteiger partial charge is 0.388 e. The van der Waals surface area contributed by atoms with Crippen molar-refractivity contribution in [2.45, 2.75) is 56.0 Å². The average molecular weight is 415 g/mol. The summed E-state index contributed by atoms with van der Waals surface area (Å²) in [5.74, 6) is -0.170. The number of nitrogens with one attached hydrogen (secondary N) is 1. The van der Waals surface area contributed by atoms with E-state index in [4.69, 9.17) is 4.74 Å². The van der Waals surface area contributed by atoms with Crippen LogP contribution in [-0.2, 0) is 16.0 Å². The highest BCUT2D eigenvalue weighted by molar-refractivity contribution is 8.14. The lowest BCUT2D eigenvalue weighted by Gasteiger charge is -2.38. The fourth-order valence-electron chi connectivity index (χ4n) is 4.00. The molecule has 2 aromatic rings. The van der Waals surface area contributed by atoms with E-state index < -0.39 is 29.8 Å². The lowest BCUT2D eigenvalue weighted by Crippen LogP contribution is -2.60. The number of amidine groups is 1. The van der Waals surface area contributed by atoms with Crippen molar-refractivity contribution in [3.8, 4) is 0 Å². The van der Waals surface area contributed by atoms with Gasteiger partial charge in [0.2, 0.25) is 0 Å². The second-order valence-corrected chi connectivity index (χ2v) is 8.52. The topological polar surface area (TPSA) is 91.2 Å². The van der Waals surface area contributed by atoms with Crippen LogP contribution in [0.2, 0.25) is 0 Å². The Balaban J connectivity index is 1.38. The van der Waals surface area contributed by atoms with Crippen LogP contribution in [-0.4, -0.2) is 57.5 Å². The van der Waals surface area contributed by atoms with E-state index >= 15 is 0 Å². The standard InChI is InChI=1S/C22H26N2O4S/c1-2-23-22-24-17-18(26)19(27)20(28-21(17)29-22)16(25)12-6-10-14-9-5-8-13-7-3-4-11-15(13)14/h3-5,7-9,11,17-21,26-27H,2,6,10,12H2,1H3,(H,23,24)/t17-,18-,19+,20-,21-/m1/s1. The molecule has 2 saturated heterocycles. The lowest BCUT2D eigenvalue weighted by atomic mass is 9.92. The van der Waals surface area contributed by atoms with E-state index in [2.05, 4.69) is 34.6 Å². The molecule has 0 aliphatic carbocycles. The van der Waals surface area contributed by atoms with Crippen LogP contribution in [0.25, 0.3) is 10.8 Å². The third kappa shape index (κ3) is 4.19. The number of thioether (sulfide) groups is 1. The third-order valence-electron chi connectivity index (χ3n) is 5.49. The maximum atomic E-state index is 12.7. The van der Waals surface area contributed by atoms with Gasteiger partial charge < -0.3 is 20.3 Å². The van der Waals surface area contributed by atoms with E-state index in [1.165, 1.54) is 28.1 Å². The monoisotopic (exact) mass is 414 g/mol. The van der Waals surface area contributed by atoms with Crippen molar-refractivity contribution >= 4 is 33.5 Å². The molecule has 2 aliphatic rings. The van der Waals surface area contributed by atoms with E-state index in [0.29, 0.717) is 24.6 Å². The molecule has 7 heteroatoms. The van der Waals surface area contributed by atoms with Gasteiger partial charge in [-0.05, 0) is 36.1 Å². The SMILES string of the molecule is CCN=C1N[C@@H]2[C@@H](O)[C@H](O)[C@@H](C(=O)CCCc3cccc4ccccc34)O[C@@H]2S1. The van der Waals surface area contributed by atoms with Crippen LogP contribution in [0.4, 0.5) is 0 Å². The molecule has 6 nitrogen and oxygen atoms in total. The van der Waals surface area contributed by atoms with Crippen molar-refractivity contribution in [1.82, 2.24) is 5.32 Å². The second kappa shape index (κ2) is 8.83. The predicted octanol–water partition coefficient (Wildman–Crippen LogP) is 2.26. The number of aliphatic hydroxyl groups excluding tert-OH is 2. The number of Topliss-reactive ketones (excluding diaryl/α,β-unsaturated/α-hetero) is 1. The molecular formula is C22H26N2O4S. The molecule has 0 radical (unpaired) electrons. The first kappa shape index (κ1) is 20.3. The van der Waals surface area contributed by atoms with Gasteiger partial charge in [-0.1, -0.05) is 54.2 Å². The van der Waals surface area contributed by atoms with Crippen LogP contribution in [0.1, 0.15) is 25.3 Å².